The highest BCUT2D eigenvalue weighted by Crippen LogP contribution is 2.51. The van der Waals surface area contributed by atoms with Gasteiger partial charge in [-0.3, -0.25) is 4.79 Å². The molecule has 1 saturated carbocycles. The summed E-state index contributed by atoms with van der Waals surface area (Å²) in [4.78, 5) is 21.2. The zero-order valence-electron chi connectivity index (χ0n) is 19.9. The first kappa shape index (κ1) is 27.9. The SMILES string of the molecule is C=NCC1(CNC(=O)c2ccc(C3=NO[C@](c4cc(C(F)(F)F)cc(Cl)c4F)(C(F)(F)F)C3)cc2C)CC1. The lowest BCUT2D eigenvalue weighted by Crippen LogP contribution is -2.43. The topological polar surface area (TPSA) is 63.0 Å². The average Bonchev–Trinajstić information content (AvgIpc) is 3.42. The number of oxime groups is 1. The maximum Gasteiger partial charge on any atom is 0.435 e. The van der Waals surface area contributed by atoms with Gasteiger partial charge < -0.3 is 15.1 Å². The summed E-state index contributed by atoms with van der Waals surface area (Å²) in [6, 6.07) is 4.36. The highest BCUT2D eigenvalue weighted by molar-refractivity contribution is 6.30. The number of halogens is 8. The number of hydrogen-bond acceptors (Lipinski definition) is 4. The Morgan fingerprint density at radius 3 is 2.42 bits per heavy atom. The van der Waals surface area contributed by atoms with Crippen LogP contribution in [-0.2, 0) is 16.6 Å². The van der Waals surface area contributed by atoms with E-state index >= 15 is 0 Å². The van der Waals surface area contributed by atoms with Crippen LogP contribution in [0.25, 0.3) is 0 Å². The molecule has 2 aromatic carbocycles. The normalized spacial score (nSPS) is 20.5. The number of amides is 1. The second-order valence-electron chi connectivity index (χ2n) is 9.54. The smallest absolute Gasteiger partial charge is 0.374 e. The van der Waals surface area contributed by atoms with E-state index in [1.165, 1.54) is 18.2 Å². The first-order valence-electron chi connectivity index (χ1n) is 11.3. The van der Waals surface area contributed by atoms with Crippen LogP contribution in [0, 0.1) is 18.2 Å². The van der Waals surface area contributed by atoms with Crippen molar-refractivity contribution in [1.29, 1.82) is 0 Å². The molecule has 38 heavy (non-hydrogen) atoms. The van der Waals surface area contributed by atoms with Gasteiger partial charge in [0.1, 0.15) is 5.82 Å². The number of hydrogen-bond donors (Lipinski definition) is 1. The molecule has 1 heterocycles. The van der Waals surface area contributed by atoms with Crippen LogP contribution in [0.1, 0.15) is 51.9 Å². The Labute approximate surface area is 217 Å². The molecule has 1 N–H and O–H groups in total. The number of nitrogens with zero attached hydrogens (tertiary/aromatic N) is 2. The summed E-state index contributed by atoms with van der Waals surface area (Å²) in [5.41, 5.74) is -6.14. The number of rotatable bonds is 7. The van der Waals surface area contributed by atoms with Gasteiger partial charge >= 0.3 is 12.4 Å². The largest absolute Gasteiger partial charge is 0.435 e. The predicted molar refractivity (Wildman–Crippen MR) is 126 cm³/mol. The molecule has 0 aromatic heterocycles. The van der Waals surface area contributed by atoms with Gasteiger partial charge in [0.25, 0.3) is 11.5 Å². The van der Waals surface area contributed by atoms with Crippen molar-refractivity contribution in [1.82, 2.24) is 5.32 Å². The summed E-state index contributed by atoms with van der Waals surface area (Å²) in [6.07, 6.45) is -9.75. The van der Waals surface area contributed by atoms with Gasteiger partial charge in [-0.15, -0.1) is 0 Å². The number of benzene rings is 2. The first-order valence-corrected chi connectivity index (χ1v) is 11.7. The standard InChI is InChI=1S/C25H21ClF7N3O2/c1-13-7-14(3-4-16(13)21(37)35-12-22(5-6-22)11-34-2)19-10-23(38-36-19,25(31,32)33)17-8-15(24(28,29)30)9-18(26)20(17)27/h3-4,7-9H,2,5-6,10-12H2,1H3,(H,35,37)/t23-/m1/s1. The molecule has 13 heteroatoms. The molecule has 0 radical (unpaired) electrons. The van der Waals surface area contributed by atoms with E-state index in [1.54, 1.807) is 6.92 Å². The van der Waals surface area contributed by atoms with Crippen LogP contribution in [0.5, 0.6) is 0 Å². The van der Waals surface area contributed by atoms with Crippen LogP contribution < -0.4 is 5.32 Å². The Balaban J connectivity index is 1.61. The zero-order valence-corrected chi connectivity index (χ0v) is 20.6. The number of alkyl halides is 6. The van der Waals surface area contributed by atoms with Crippen molar-refractivity contribution in [2.24, 2.45) is 15.6 Å². The Hall–Kier alpha value is -3.15. The van der Waals surface area contributed by atoms with Crippen LogP contribution in [-0.4, -0.2) is 37.6 Å². The molecule has 1 aliphatic carbocycles. The third-order valence-corrected chi connectivity index (χ3v) is 7.08. The van der Waals surface area contributed by atoms with E-state index < -0.39 is 46.3 Å². The molecule has 1 fully saturated rings. The Bertz CT molecular complexity index is 1320. The fraction of sp³-hybridized carbons (Fsp3) is 0.400. The summed E-state index contributed by atoms with van der Waals surface area (Å²) in [5.74, 6) is -2.09. The van der Waals surface area contributed by atoms with E-state index in [0.29, 0.717) is 18.7 Å². The second kappa shape index (κ2) is 9.55. The summed E-state index contributed by atoms with van der Waals surface area (Å²) in [5, 5.41) is 5.15. The minimum absolute atomic E-state index is 0.0281. The lowest BCUT2D eigenvalue weighted by atomic mass is 9.85. The zero-order chi connectivity index (χ0) is 28.1. The molecule has 4 rings (SSSR count). The highest BCUT2D eigenvalue weighted by atomic mass is 35.5. The Morgan fingerprint density at radius 1 is 1.18 bits per heavy atom. The lowest BCUT2D eigenvalue weighted by molar-refractivity contribution is -0.276. The summed E-state index contributed by atoms with van der Waals surface area (Å²) in [6.45, 7) is 5.95. The van der Waals surface area contributed by atoms with Gasteiger partial charge in [0.2, 0.25) is 0 Å². The van der Waals surface area contributed by atoms with Crippen LogP contribution >= 0.6 is 11.6 Å². The monoisotopic (exact) mass is 563 g/mol. The van der Waals surface area contributed by atoms with Crippen LogP contribution in [0.2, 0.25) is 5.02 Å². The summed E-state index contributed by atoms with van der Waals surface area (Å²) >= 11 is 5.53. The van der Waals surface area contributed by atoms with E-state index in [2.05, 4.69) is 27.0 Å². The summed E-state index contributed by atoms with van der Waals surface area (Å²) in [7, 11) is 0. The number of aliphatic imine (C=N–C) groups is 1. The average molecular weight is 564 g/mol. The molecule has 2 aliphatic rings. The van der Waals surface area contributed by atoms with Gasteiger partial charge in [0.05, 0.1) is 22.7 Å². The molecule has 0 bridgehead atoms. The number of nitrogens with one attached hydrogen (secondary N) is 1. The van der Waals surface area contributed by atoms with Crippen molar-refractivity contribution in [2.45, 2.75) is 44.1 Å². The van der Waals surface area contributed by atoms with E-state index in [4.69, 9.17) is 11.6 Å². The fourth-order valence-corrected chi connectivity index (χ4v) is 4.57. The molecule has 0 spiro atoms. The minimum atomic E-state index is -5.36. The van der Waals surface area contributed by atoms with Crippen molar-refractivity contribution in [3.05, 3.63) is 69.0 Å². The Kier molecular flexibility index (Phi) is 7.00. The van der Waals surface area contributed by atoms with Crippen molar-refractivity contribution in [3.63, 3.8) is 0 Å². The minimum Gasteiger partial charge on any atom is -0.374 e. The van der Waals surface area contributed by atoms with Gasteiger partial charge in [-0.05, 0) is 61.9 Å². The van der Waals surface area contributed by atoms with Crippen molar-refractivity contribution < 1.29 is 40.4 Å². The van der Waals surface area contributed by atoms with E-state index in [0.717, 1.165) is 12.8 Å². The molecule has 5 nitrogen and oxygen atoms in total. The Morgan fingerprint density at radius 2 is 1.87 bits per heavy atom. The van der Waals surface area contributed by atoms with Gasteiger partial charge in [-0.2, -0.15) is 26.3 Å². The fourth-order valence-electron chi connectivity index (χ4n) is 4.35. The molecule has 1 atom stereocenters. The molecular weight excluding hydrogens is 543 g/mol. The number of aryl methyl sites for hydroxylation is 1. The first-order chi connectivity index (χ1) is 17.6. The van der Waals surface area contributed by atoms with Crippen LogP contribution in [0.3, 0.4) is 0 Å². The number of carbonyl (C=O) groups excluding carboxylic acids is 1. The van der Waals surface area contributed by atoms with Gasteiger partial charge in [-0.25, -0.2) is 4.39 Å². The van der Waals surface area contributed by atoms with Crippen LogP contribution in [0.15, 0.2) is 40.5 Å². The van der Waals surface area contributed by atoms with E-state index in [9.17, 15) is 35.5 Å². The van der Waals surface area contributed by atoms with Crippen molar-refractivity contribution in [2.75, 3.05) is 13.1 Å². The quantitative estimate of drug-likeness (QED) is 0.305. The third-order valence-electron chi connectivity index (χ3n) is 6.81. The van der Waals surface area contributed by atoms with E-state index in [-0.39, 0.29) is 40.3 Å². The van der Waals surface area contributed by atoms with Crippen molar-refractivity contribution >= 4 is 29.9 Å². The third kappa shape index (κ3) is 5.10. The molecule has 1 amide bonds. The molecule has 0 saturated heterocycles. The maximum atomic E-state index is 14.8. The van der Waals surface area contributed by atoms with Gasteiger partial charge in [0.15, 0.2) is 0 Å². The molecule has 204 valence electrons. The molecule has 1 aliphatic heterocycles. The molecule has 2 aromatic rings. The van der Waals surface area contributed by atoms with E-state index in [1.807, 2.05) is 0 Å². The summed E-state index contributed by atoms with van der Waals surface area (Å²) < 4.78 is 97.4. The predicted octanol–water partition coefficient (Wildman–Crippen LogP) is 6.60. The second-order valence-corrected chi connectivity index (χ2v) is 9.95. The number of carbonyl (C=O) groups is 1. The van der Waals surface area contributed by atoms with Gasteiger partial charge in [0, 0.05) is 29.6 Å². The van der Waals surface area contributed by atoms with Crippen LogP contribution in [0.4, 0.5) is 30.7 Å². The van der Waals surface area contributed by atoms with Crippen molar-refractivity contribution in [3.8, 4) is 0 Å². The lowest BCUT2D eigenvalue weighted by Gasteiger charge is -2.30. The maximum absolute atomic E-state index is 14.8. The molecular formula is C25H21ClF7N3O2. The highest BCUT2D eigenvalue weighted by Gasteiger charge is 2.64. The molecule has 0 unspecified atom stereocenters. The van der Waals surface area contributed by atoms with Gasteiger partial charge in [-0.1, -0.05) is 22.8 Å².